The van der Waals surface area contributed by atoms with Crippen LogP contribution in [0.4, 0.5) is 0 Å². The number of amides is 3. The largest absolute Gasteiger partial charge is 0.338 e. The standard InChI is InChI=1S/C20H30N2O3/c1-13(22-19(24)15-9-3-4-10-16(15)20(22)25)18(23)21-12-6-8-14-7-2-5-11-17(14)21/h13-17H,2-12H2,1H3/t13-,14+,15+,16+,17+/m1/s1. The van der Waals surface area contributed by atoms with Crippen LogP contribution in [0.15, 0.2) is 0 Å². The van der Waals surface area contributed by atoms with Gasteiger partial charge in [0.2, 0.25) is 17.7 Å². The van der Waals surface area contributed by atoms with Crippen LogP contribution < -0.4 is 0 Å². The Morgan fingerprint density at radius 1 is 0.880 bits per heavy atom. The van der Waals surface area contributed by atoms with E-state index in [1.54, 1.807) is 6.92 Å². The number of hydrogen-bond acceptors (Lipinski definition) is 3. The highest BCUT2D eigenvalue weighted by molar-refractivity contribution is 6.08. The molecule has 2 heterocycles. The Morgan fingerprint density at radius 3 is 2.12 bits per heavy atom. The Hall–Kier alpha value is -1.39. The molecule has 0 bridgehead atoms. The summed E-state index contributed by atoms with van der Waals surface area (Å²) in [5.74, 6) is 0.101. The molecule has 4 rings (SSSR count). The van der Waals surface area contributed by atoms with Crippen LogP contribution in [-0.4, -0.2) is 46.1 Å². The summed E-state index contributed by atoms with van der Waals surface area (Å²) < 4.78 is 0. The maximum atomic E-state index is 13.2. The second-order valence-electron chi connectivity index (χ2n) is 8.51. The fraction of sp³-hybridized carbons (Fsp3) is 0.850. The van der Waals surface area contributed by atoms with Crippen molar-refractivity contribution in [3.63, 3.8) is 0 Å². The molecule has 0 unspecified atom stereocenters. The monoisotopic (exact) mass is 346 g/mol. The van der Waals surface area contributed by atoms with Gasteiger partial charge < -0.3 is 4.90 Å². The predicted octanol–water partition coefficient (Wildman–Crippen LogP) is 2.73. The van der Waals surface area contributed by atoms with E-state index < -0.39 is 6.04 Å². The lowest BCUT2D eigenvalue weighted by atomic mass is 9.78. The topological polar surface area (TPSA) is 57.7 Å². The summed E-state index contributed by atoms with van der Waals surface area (Å²) >= 11 is 0. The number of likely N-dealkylation sites (tertiary alicyclic amines) is 2. The molecule has 5 heteroatoms. The van der Waals surface area contributed by atoms with Crippen LogP contribution in [0.2, 0.25) is 0 Å². The van der Waals surface area contributed by atoms with E-state index in [4.69, 9.17) is 0 Å². The third-order valence-corrected chi connectivity index (χ3v) is 7.15. The van der Waals surface area contributed by atoms with Gasteiger partial charge in [-0.3, -0.25) is 19.3 Å². The second-order valence-corrected chi connectivity index (χ2v) is 8.51. The van der Waals surface area contributed by atoms with Crippen molar-refractivity contribution in [1.29, 1.82) is 0 Å². The van der Waals surface area contributed by atoms with Crippen molar-refractivity contribution in [3.8, 4) is 0 Å². The summed E-state index contributed by atoms with van der Waals surface area (Å²) in [4.78, 5) is 42.2. The van der Waals surface area contributed by atoms with Gasteiger partial charge >= 0.3 is 0 Å². The van der Waals surface area contributed by atoms with E-state index in [0.29, 0.717) is 12.0 Å². The quantitative estimate of drug-likeness (QED) is 0.723. The van der Waals surface area contributed by atoms with Crippen molar-refractivity contribution < 1.29 is 14.4 Å². The normalized spacial score (nSPS) is 36.8. The van der Waals surface area contributed by atoms with Gasteiger partial charge in [0.05, 0.1) is 11.8 Å². The predicted molar refractivity (Wildman–Crippen MR) is 93.5 cm³/mol. The van der Waals surface area contributed by atoms with Crippen LogP contribution >= 0.6 is 0 Å². The lowest BCUT2D eigenvalue weighted by Gasteiger charge is -2.45. The van der Waals surface area contributed by atoms with Crippen LogP contribution in [0.5, 0.6) is 0 Å². The van der Waals surface area contributed by atoms with Gasteiger partial charge in [-0.05, 0) is 51.4 Å². The van der Waals surface area contributed by atoms with Gasteiger partial charge in [0.15, 0.2) is 0 Å². The van der Waals surface area contributed by atoms with Crippen LogP contribution in [-0.2, 0) is 14.4 Å². The molecule has 2 saturated heterocycles. The van der Waals surface area contributed by atoms with Gasteiger partial charge in [0.1, 0.15) is 6.04 Å². The molecule has 0 N–H and O–H groups in total. The second kappa shape index (κ2) is 6.73. The zero-order valence-electron chi connectivity index (χ0n) is 15.3. The molecule has 0 aromatic heterocycles. The number of carbonyl (C=O) groups excluding carboxylic acids is 3. The van der Waals surface area contributed by atoms with E-state index in [0.717, 1.165) is 45.1 Å². The number of nitrogens with zero attached hydrogens (tertiary/aromatic N) is 2. The summed E-state index contributed by atoms with van der Waals surface area (Å²) in [6, 6.07) is -0.307. The Balaban J connectivity index is 1.51. The molecule has 5 atom stereocenters. The molecule has 138 valence electrons. The van der Waals surface area contributed by atoms with E-state index in [1.165, 1.54) is 30.6 Å². The Labute approximate surface area is 150 Å². The smallest absolute Gasteiger partial charge is 0.245 e. The minimum atomic E-state index is -0.633. The van der Waals surface area contributed by atoms with E-state index >= 15 is 0 Å². The third kappa shape index (κ3) is 2.80. The van der Waals surface area contributed by atoms with Gasteiger partial charge in [-0.1, -0.05) is 25.7 Å². The zero-order valence-corrected chi connectivity index (χ0v) is 15.3. The van der Waals surface area contributed by atoms with Gasteiger partial charge in [0, 0.05) is 12.6 Å². The lowest BCUT2D eigenvalue weighted by molar-refractivity contribution is -0.154. The summed E-state index contributed by atoms with van der Waals surface area (Å²) in [5.41, 5.74) is 0. The summed E-state index contributed by atoms with van der Waals surface area (Å²) in [7, 11) is 0. The van der Waals surface area contributed by atoms with E-state index in [-0.39, 0.29) is 29.6 Å². The molecular weight excluding hydrogens is 316 g/mol. The SMILES string of the molecule is C[C@H](C(=O)N1CCC[C@@H]2CCCC[C@@H]21)N1C(=O)[C@H]2CCCC[C@@H]2C1=O. The number of rotatable bonds is 2. The summed E-state index contributed by atoms with van der Waals surface area (Å²) in [6.07, 6.45) is 10.7. The molecule has 2 aliphatic carbocycles. The number of imide groups is 1. The maximum Gasteiger partial charge on any atom is 0.245 e. The summed E-state index contributed by atoms with van der Waals surface area (Å²) in [6.45, 7) is 2.55. The molecule has 4 aliphatic rings. The van der Waals surface area contributed by atoms with Crippen LogP contribution in [0.1, 0.15) is 71.1 Å². The first-order valence-electron chi connectivity index (χ1n) is 10.3. The van der Waals surface area contributed by atoms with Crippen molar-refractivity contribution in [3.05, 3.63) is 0 Å². The Morgan fingerprint density at radius 2 is 1.44 bits per heavy atom. The van der Waals surface area contributed by atoms with Crippen molar-refractivity contribution in [2.75, 3.05) is 6.54 Å². The van der Waals surface area contributed by atoms with Crippen LogP contribution in [0.3, 0.4) is 0 Å². The molecular formula is C20H30N2O3. The number of fused-ring (bicyclic) bond motifs is 2. The number of carbonyl (C=O) groups is 3. The average Bonchev–Trinajstić information content (AvgIpc) is 2.91. The van der Waals surface area contributed by atoms with E-state index in [2.05, 4.69) is 0 Å². The van der Waals surface area contributed by atoms with Crippen molar-refractivity contribution in [1.82, 2.24) is 9.80 Å². The Bertz CT molecular complexity index is 549. The number of hydrogen-bond donors (Lipinski definition) is 0. The minimum Gasteiger partial charge on any atom is -0.338 e. The Kier molecular flexibility index (Phi) is 4.59. The number of piperidine rings is 1. The van der Waals surface area contributed by atoms with Crippen molar-refractivity contribution >= 4 is 17.7 Å². The van der Waals surface area contributed by atoms with Gasteiger partial charge in [-0.2, -0.15) is 0 Å². The molecule has 0 spiro atoms. The lowest BCUT2D eigenvalue weighted by Crippen LogP contribution is -2.56. The van der Waals surface area contributed by atoms with Gasteiger partial charge in [0.25, 0.3) is 0 Å². The van der Waals surface area contributed by atoms with Crippen molar-refractivity contribution in [2.24, 2.45) is 17.8 Å². The average molecular weight is 346 g/mol. The first-order valence-corrected chi connectivity index (χ1v) is 10.3. The van der Waals surface area contributed by atoms with Crippen molar-refractivity contribution in [2.45, 2.75) is 83.2 Å². The van der Waals surface area contributed by atoms with E-state index in [1.807, 2.05) is 4.90 Å². The van der Waals surface area contributed by atoms with Crippen LogP contribution in [0.25, 0.3) is 0 Å². The summed E-state index contributed by atoms with van der Waals surface area (Å²) in [5, 5.41) is 0. The molecule has 4 fully saturated rings. The first kappa shape index (κ1) is 17.0. The fourth-order valence-corrected chi connectivity index (χ4v) is 5.82. The molecule has 25 heavy (non-hydrogen) atoms. The molecule has 2 aliphatic heterocycles. The molecule has 5 nitrogen and oxygen atoms in total. The van der Waals surface area contributed by atoms with Gasteiger partial charge in [-0.15, -0.1) is 0 Å². The molecule has 0 aromatic rings. The molecule has 2 saturated carbocycles. The maximum absolute atomic E-state index is 13.2. The zero-order chi connectivity index (χ0) is 17.6. The highest BCUT2D eigenvalue weighted by Crippen LogP contribution is 2.40. The third-order valence-electron chi connectivity index (χ3n) is 7.15. The van der Waals surface area contributed by atoms with E-state index in [9.17, 15) is 14.4 Å². The molecule has 0 radical (unpaired) electrons. The molecule has 3 amide bonds. The highest BCUT2D eigenvalue weighted by atomic mass is 16.2. The van der Waals surface area contributed by atoms with Gasteiger partial charge in [-0.25, -0.2) is 0 Å². The van der Waals surface area contributed by atoms with Crippen LogP contribution in [0, 0.1) is 17.8 Å². The fourth-order valence-electron chi connectivity index (χ4n) is 5.82. The first-order chi connectivity index (χ1) is 12.1. The molecule has 0 aromatic carbocycles. The highest BCUT2D eigenvalue weighted by Gasteiger charge is 2.51. The minimum absolute atomic E-state index is 0.00283.